The van der Waals surface area contributed by atoms with E-state index >= 15 is 0 Å². The third kappa shape index (κ3) is 3.05. The van der Waals surface area contributed by atoms with Crippen LogP contribution in [0, 0.1) is 5.92 Å². The molecule has 1 saturated heterocycles. The molecule has 0 spiro atoms. The molecule has 0 aromatic heterocycles. The van der Waals surface area contributed by atoms with Gasteiger partial charge in [0.1, 0.15) is 5.78 Å². The zero-order valence-electron chi connectivity index (χ0n) is 10.4. The van der Waals surface area contributed by atoms with Gasteiger partial charge in [-0.05, 0) is 51.7 Å². The first-order valence-electron chi connectivity index (χ1n) is 6.70. The summed E-state index contributed by atoms with van der Waals surface area (Å²) in [5, 5.41) is 3.28. The smallest absolute Gasteiger partial charge is 0.134 e. The van der Waals surface area contributed by atoms with Crippen molar-refractivity contribution in [3.63, 3.8) is 0 Å². The molecular weight excluding hydrogens is 200 g/mol. The van der Waals surface area contributed by atoms with Crippen molar-refractivity contribution in [1.82, 2.24) is 10.2 Å². The Morgan fingerprint density at radius 1 is 1.38 bits per heavy atom. The van der Waals surface area contributed by atoms with Gasteiger partial charge < -0.3 is 5.32 Å². The zero-order chi connectivity index (χ0) is 11.4. The van der Waals surface area contributed by atoms with Crippen LogP contribution in [0.5, 0.6) is 0 Å². The fourth-order valence-corrected chi connectivity index (χ4v) is 3.20. The standard InChI is InChI=1S/C13H24N2O/c1-14-9-11-4-3-7-15(10-11)12-5-2-6-13(16)8-12/h11-12,14H,2-10H2,1H3. The SMILES string of the molecule is CNCC1CCCN(C2CCCC(=O)C2)C1. The molecule has 1 aliphatic carbocycles. The average molecular weight is 224 g/mol. The van der Waals surface area contributed by atoms with Crippen LogP contribution in [-0.2, 0) is 4.79 Å². The van der Waals surface area contributed by atoms with Gasteiger partial charge in [-0.25, -0.2) is 0 Å². The largest absolute Gasteiger partial charge is 0.319 e. The van der Waals surface area contributed by atoms with E-state index in [1.54, 1.807) is 0 Å². The lowest BCUT2D eigenvalue weighted by atomic mass is 9.89. The number of carbonyl (C=O) groups is 1. The van der Waals surface area contributed by atoms with Crippen molar-refractivity contribution in [1.29, 1.82) is 0 Å². The Labute approximate surface area is 98.6 Å². The van der Waals surface area contributed by atoms with Crippen LogP contribution in [-0.4, -0.2) is 43.4 Å². The van der Waals surface area contributed by atoms with Crippen LogP contribution in [0.2, 0.25) is 0 Å². The Morgan fingerprint density at radius 3 is 3.00 bits per heavy atom. The highest BCUT2D eigenvalue weighted by atomic mass is 16.1. The summed E-state index contributed by atoms with van der Waals surface area (Å²) < 4.78 is 0. The van der Waals surface area contributed by atoms with Crippen LogP contribution in [0.1, 0.15) is 38.5 Å². The van der Waals surface area contributed by atoms with Crippen molar-refractivity contribution >= 4 is 5.78 Å². The predicted molar refractivity (Wildman–Crippen MR) is 65.5 cm³/mol. The molecule has 2 unspecified atom stereocenters. The molecule has 92 valence electrons. The van der Waals surface area contributed by atoms with Crippen molar-refractivity contribution < 1.29 is 4.79 Å². The first kappa shape index (κ1) is 12.1. The number of hydrogen-bond acceptors (Lipinski definition) is 3. The highest BCUT2D eigenvalue weighted by Gasteiger charge is 2.28. The Bertz CT molecular complexity index is 240. The number of nitrogens with zero attached hydrogens (tertiary/aromatic N) is 1. The maximum absolute atomic E-state index is 11.5. The number of rotatable bonds is 3. The number of likely N-dealkylation sites (tertiary alicyclic amines) is 1. The first-order chi connectivity index (χ1) is 7.79. The molecule has 2 aliphatic rings. The Morgan fingerprint density at radius 2 is 2.25 bits per heavy atom. The fourth-order valence-electron chi connectivity index (χ4n) is 3.20. The molecule has 0 radical (unpaired) electrons. The lowest BCUT2D eigenvalue weighted by Gasteiger charge is -2.39. The van der Waals surface area contributed by atoms with Crippen LogP contribution in [0.3, 0.4) is 0 Å². The molecule has 0 aromatic carbocycles. The third-order valence-electron chi connectivity index (χ3n) is 4.02. The molecule has 0 amide bonds. The monoisotopic (exact) mass is 224 g/mol. The molecule has 2 atom stereocenters. The third-order valence-corrected chi connectivity index (χ3v) is 4.02. The number of piperidine rings is 1. The van der Waals surface area contributed by atoms with E-state index in [0.29, 0.717) is 11.8 Å². The van der Waals surface area contributed by atoms with Gasteiger partial charge in [-0.15, -0.1) is 0 Å². The van der Waals surface area contributed by atoms with Crippen LogP contribution < -0.4 is 5.32 Å². The summed E-state index contributed by atoms with van der Waals surface area (Å²) >= 11 is 0. The predicted octanol–water partition coefficient (Wildman–Crippen LogP) is 1.43. The van der Waals surface area contributed by atoms with Gasteiger partial charge in [0.25, 0.3) is 0 Å². The maximum atomic E-state index is 11.5. The number of ketones is 1. The van der Waals surface area contributed by atoms with E-state index in [9.17, 15) is 4.79 Å². The summed E-state index contributed by atoms with van der Waals surface area (Å²) in [5.74, 6) is 1.27. The van der Waals surface area contributed by atoms with Gasteiger partial charge in [0.05, 0.1) is 0 Å². The minimum absolute atomic E-state index is 0.479. The molecule has 1 aliphatic heterocycles. The van der Waals surface area contributed by atoms with Crippen LogP contribution >= 0.6 is 0 Å². The molecule has 1 heterocycles. The van der Waals surface area contributed by atoms with E-state index in [1.807, 2.05) is 7.05 Å². The van der Waals surface area contributed by atoms with E-state index < -0.39 is 0 Å². The number of Topliss-reactive ketones (excluding diaryl/α,β-unsaturated/α-hetero) is 1. The Hall–Kier alpha value is -0.410. The van der Waals surface area contributed by atoms with Gasteiger partial charge >= 0.3 is 0 Å². The summed E-state index contributed by atoms with van der Waals surface area (Å²) in [7, 11) is 2.03. The molecule has 3 nitrogen and oxygen atoms in total. The second kappa shape index (κ2) is 5.78. The van der Waals surface area contributed by atoms with Crippen LogP contribution in [0.25, 0.3) is 0 Å². The lowest BCUT2D eigenvalue weighted by molar-refractivity contribution is -0.122. The van der Waals surface area contributed by atoms with Gasteiger partial charge in [-0.1, -0.05) is 0 Å². The fraction of sp³-hybridized carbons (Fsp3) is 0.923. The zero-order valence-corrected chi connectivity index (χ0v) is 10.4. The molecule has 3 heteroatoms. The van der Waals surface area contributed by atoms with E-state index in [1.165, 1.54) is 32.4 Å². The van der Waals surface area contributed by atoms with Gasteiger partial charge in [0, 0.05) is 25.4 Å². The normalized spacial score (nSPS) is 32.9. The minimum atomic E-state index is 0.479. The van der Waals surface area contributed by atoms with Crippen molar-refractivity contribution in [2.45, 2.75) is 44.6 Å². The second-order valence-electron chi connectivity index (χ2n) is 5.35. The molecule has 2 fully saturated rings. The molecule has 1 N–H and O–H groups in total. The van der Waals surface area contributed by atoms with Gasteiger partial charge in [0.2, 0.25) is 0 Å². The molecular formula is C13H24N2O. The van der Waals surface area contributed by atoms with Crippen molar-refractivity contribution in [3.8, 4) is 0 Å². The topological polar surface area (TPSA) is 32.3 Å². The van der Waals surface area contributed by atoms with E-state index in [-0.39, 0.29) is 0 Å². The number of carbonyl (C=O) groups excluding carboxylic acids is 1. The molecule has 2 rings (SSSR count). The molecule has 0 bridgehead atoms. The van der Waals surface area contributed by atoms with Crippen LogP contribution in [0.15, 0.2) is 0 Å². The number of nitrogens with one attached hydrogen (secondary N) is 1. The summed E-state index contributed by atoms with van der Waals surface area (Å²) in [6.07, 6.45) is 6.63. The van der Waals surface area contributed by atoms with Crippen molar-refractivity contribution in [3.05, 3.63) is 0 Å². The minimum Gasteiger partial charge on any atom is -0.319 e. The summed E-state index contributed by atoms with van der Waals surface area (Å²) in [6.45, 7) is 3.52. The van der Waals surface area contributed by atoms with Crippen molar-refractivity contribution in [2.75, 3.05) is 26.7 Å². The van der Waals surface area contributed by atoms with Crippen molar-refractivity contribution in [2.24, 2.45) is 5.92 Å². The number of hydrogen-bond donors (Lipinski definition) is 1. The summed E-state index contributed by atoms with van der Waals surface area (Å²) in [6, 6.07) is 0.556. The Balaban J connectivity index is 1.85. The molecule has 1 saturated carbocycles. The van der Waals surface area contributed by atoms with E-state index in [0.717, 1.165) is 31.7 Å². The summed E-state index contributed by atoms with van der Waals surface area (Å²) in [4.78, 5) is 14.1. The van der Waals surface area contributed by atoms with E-state index in [2.05, 4.69) is 10.2 Å². The quantitative estimate of drug-likeness (QED) is 0.787. The average Bonchev–Trinajstić information content (AvgIpc) is 2.30. The van der Waals surface area contributed by atoms with Gasteiger partial charge in [-0.2, -0.15) is 0 Å². The summed E-state index contributed by atoms with van der Waals surface area (Å²) in [5.41, 5.74) is 0. The second-order valence-corrected chi connectivity index (χ2v) is 5.35. The maximum Gasteiger partial charge on any atom is 0.134 e. The van der Waals surface area contributed by atoms with E-state index in [4.69, 9.17) is 0 Å². The lowest BCUT2D eigenvalue weighted by Crippen LogP contribution is -2.46. The van der Waals surface area contributed by atoms with Gasteiger partial charge in [0.15, 0.2) is 0 Å². The first-order valence-corrected chi connectivity index (χ1v) is 6.70. The highest BCUT2D eigenvalue weighted by Crippen LogP contribution is 2.25. The highest BCUT2D eigenvalue weighted by molar-refractivity contribution is 5.79. The van der Waals surface area contributed by atoms with Gasteiger partial charge in [-0.3, -0.25) is 9.69 Å². The molecule has 0 aromatic rings. The molecule has 16 heavy (non-hydrogen) atoms. The van der Waals surface area contributed by atoms with Crippen LogP contribution in [0.4, 0.5) is 0 Å². The Kier molecular flexibility index (Phi) is 4.36.